The van der Waals surface area contributed by atoms with Crippen LogP contribution in [0.1, 0.15) is 38.4 Å². The molecule has 23 heavy (non-hydrogen) atoms. The van der Waals surface area contributed by atoms with E-state index in [0.29, 0.717) is 17.5 Å². The van der Waals surface area contributed by atoms with Gasteiger partial charge in [-0.3, -0.25) is 4.79 Å². The Kier molecular flexibility index (Phi) is 6.44. The number of hydrogen-bond donors (Lipinski definition) is 1. The lowest BCUT2D eigenvalue weighted by molar-refractivity contribution is -0.130. The van der Waals surface area contributed by atoms with Crippen LogP contribution in [-0.2, 0) is 10.5 Å². The number of carbonyl (C=O) groups is 1. The molecule has 128 valence electrons. The molecule has 7 nitrogen and oxygen atoms in total. The molecule has 0 bridgehead atoms. The first-order valence-corrected chi connectivity index (χ1v) is 9.10. The number of thioether (sulfide) groups is 1. The average Bonchev–Trinajstić information content (AvgIpc) is 2.80. The van der Waals surface area contributed by atoms with Gasteiger partial charge in [0.25, 0.3) is 0 Å². The third-order valence-corrected chi connectivity index (χ3v) is 4.94. The molecule has 0 saturated carbocycles. The van der Waals surface area contributed by atoms with Gasteiger partial charge in [-0.15, -0.1) is 11.8 Å². The summed E-state index contributed by atoms with van der Waals surface area (Å²) in [5.41, 5.74) is 5.72. The van der Waals surface area contributed by atoms with Crippen LogP contribution >= 0.6 is 11.8 Å². The topological polar surface area (TPSA) is 88.2 Å². The van der Waals surface area contributed by atoms with Crippen molar-refractivity contribution in [2.24, 2.45) is 0 Å². The largest absolute Gasteiger partial charge is 0.368 e. The minimum Gasteiger partial charge on any atom is -0.368 e. The maximum Gasteiger partial charge on any atom is 0.235 e. The van der Waals surface area contributed by atoms with Gasteiger partial charge in [0, 0.05) is 27.2 Å². The normalized spacial score (nSPS) is 16.7. The summed E-state index contributed by atoms with van der Waals surface area (Å²) in [6, 6.07) is 0. The van der Waals surface area contributed by atoms with Gasteiger partial charge in [-0.2, -0.15) is 15.0 Å². The Morgan fingerprint density at radius 1 is 1.22 bits per heavy atom. The predicted molar refractivity (Wildman–Crippen MR) is 94.4 cm³/mol. The number of nitrogens with two attached hydrogens (primary N) is 1. The van der Waals surface area contributed by atoms with Crippen LogP contribution in [0.3, 0.4) is 0 Å². The first-order valence-electron chi connectivity index (χ1n) is 8.05. The standard InChI is InChI=1S/C15H26N6OS/c1-11(13(22)21-8-6-4-5-7-9-21)23-10-12-17-14(16)19-15(18-12)20(2)3/h11H,4-10H2,1-3H3,(H2,16,17,18,19). The van der Waals surface area contributed by atoms with Crippen LogP contribution in [-0.4, -0.2) is 58.2 Å². The molecule has 1 aromatic rings. The molecule has 2 heterocycles. The molecule has 0 aliphatic carbocycles. The molecule has 0 radical (unpaired) electrons. The van der Waals surface area contributed by atoms with E-state index in [-0.39, 0.29) is 17.1 Å². The molecule has 1 fully saturated rings. The first kappa shape index (κ1) is 17.8. The van der Waals surface area contributed by atoms with E-state index in [1.54, 1.807) is 16.7 Å². The second kappa shape index (κ2) is 8.33. The number of anilines is 2. The quantitative estimate of drug-likeness (QED) is 0.871. The summed E-state index contributed by atoms with van der Waals surface area (Å²) in [7, 11) is 3.72. The van der Waals surface area contributed by atoms with Gasteiger partial charge in [-0.05, 0) is 19.8 Å². The van der Waals surface area contributed by atoms with Gasteiger partial charge < -0.3 is 15.5 Å². The molecule has 1 amide bonds. The number of rotatable bonds is 5. The number of nitrogens with zero attached hydrogens (tertiary/aromatic N) is 5. The maximum absolute atomic E-state index is 12.5. The van der Waals surface area contributed by atoms with Crippen LogP contribution in [0, 0.1) is 0 Å². The minimum atomic E-state index is -0.103. The van der Waals surface area contributed by atoms with Crippen LogP contribution in [0.2, 0.25) is 0 Å². The van der Waals surface area contributed by atoms with Crippen molar-refractivity contribution in [2.75, 3.05) is 37.8 Å². The molecule has 1 saturated heterocycles. The summed E-state index contributed by atoms with van der Waals surface area (Å²) in [4.78, 5) is 28.9. The van der Waals surface area contributed by atoms with Gasteiger partial charge in [-0.1, -0.05) is 12.8 Å². The highest BCUT2D eigenvalue weighted by molar-refractivity contribution is 7.99. The van der Waals surface area contributed by atoms with Gasteiger partial charge in [0.05, 0.1) is 11.0 Å². The number of carbonyl (C=O) groups excluding carboxylic acids is 1. The van der Waals surface area contributed by atoms with Crippen molar-refractivity contribution in [3.05, 3.63) is 5.82 Å². The van der Waals surface area contributed by atoms with Gasteiger partial charge in [0.2, 0.25) is 17.8 Å². The molecule has 1 aromatic heterocycles. The molecule has 1 atom stereocenters. The summed E-state index contributed by atoms with van der Waals surface area (Å²) in [5.74, 6) is 2.13. The summed E-state index contributed by atoms with van der Waals surface area (Å²) in [6.45, 7) is 3.72. The highest BCUT2D eigenvalue weighted by atomic mass is 32.2. The summed E-state index contributed by atoms with van der Waals surface area (Å²) in [6.07, 6.45) is 4.67. The maximum atomic E-state index is 12.5. The monoisotopic (exact) mass is 338 g/mol. The minimum absolute atomic E-state index is 0.103. The highest BCUT2D eigenvalue weighted by Gasteiger charge is 2.22. The second-order valence-electron chi connectivity index (χ2n) is 6.00. The molecule has 1 aliphatic rings. The number of hydrogen-bond acceptors (Lipinski definition) is 7. The Bertz CT molecular complexity index is 531. The fourth-order valence-corrected chi connectivity index (χ4v) is 3.33. The molecule has 1 aliphatic heterocycles. The average molecular weight is 338 g/mol. The first-order chi connectivity index (χ1) is 11.0. The van der Waals surface area contributed by atoms with Crippen LogP contribution in [0.15, 0.2) is 0 Å². The number of nitrogen functional groups attached to an aromatic ring is 1. The summed E-state index contributed by atoms with van der Waals surface area (Å²) in [5, 5.41) is -0.103. The van der Waals surface area contributed by atoms with Crippen molar-refractivity contribution < 1.29 is 4.79 Å². The Morgan fingerprint density at radius 2 is 1.87 bits per heavy atom. The summed E-state index contributed by atoms with van der Waals surface area (Å²) < 4.78 is 0. The van der Waals surface area contributed by atoms with E-state index in [9.17, 15) is 4.79 Å². The van der Waals surface area contributed by atoms with Crippen LogP contribution in [0.25, 0.3) is 0 Å². The van der Waals surface area contributed by atoms with E-state index in [1.807, 2.05) is 25.9 Å². The number of likely N-dealkylation sites (tertiary alicyclic amines) is 1. The van der Waals surface area contributed by atoms with Crippen molar-refractivity contribution in [3.63, 3.8) is 0 Å². The molecule has 2 N–H and O–H groups in total. The van der Waals surface area contributed by atoms with Crippen LogP contribution in [0.5, 0.6) is 0 Å². The van der Waals surface area contributed by atoms with E-state index in [0.717, 1.165) is 25.9 Å². The van der Waals surface area contributed by atoms with Gasteiger partial charge in [-0.25, -0.2) is 0 Å². The number of amides is 1. The molecule has 8 heteroatoms. The molecule has 1 unspecified atom stereocenters. The van der Waals surface area contributed by atoms with Gasteiger partial charge >= 0.3 is 0 Å². The van der Waals surface area contributed by atoms with Crippen molar-refractivity contribution >= 4 is 29.6 Å². The second-order valence-corrected chi connectivity index (χ2v) is 7.33. The summed E-state index contributed by atoms with van der Waals surface area (Å²) >= 11 is 1.55. The fourth-order valence-electron chi connectivity index (χ4n) is 2.51. The lowest BCUT2D eigenvalue weighted by Gasteiger charge is -2.23. The lowest BCUT2D eigenvalue weighted by Crippen LogP contribution is -2.37. The lowest BCUT2D eigenvalue weighted by atomic mass is 10.2. The SMILES string of the molecule is CC(SCc1nc(N)nc(N(C)C)n1)C(=O)N1CCCCCC1. The van der Waals surface area contributed by atoms with E-state index < -0.39 is 0 Å². The predicted octanol–water partition coefficient (Wildman–Crippen LogP) is 1.54. The van der Waals surface area contributed by atoms with Crippen molar-refractivity contribution in [3.8, 4) is 0 Å². The molecular formula is C15H26N6OS. The van der Waals surface area contributed by atoms with Crippen LogP contribution < -0.4 is 10.6 Å². The zero-order chi connectivity index (χ0) is 16.8. The van der Waals surface area contributed by atoms with E-state index in [1.165, 1.54) is 12.8 Å². The third-order valence-electron chi connectivity index (χ3n) is 3.82. The molecular weight excluding hydrogens is 312 g/mol. The zero-order valence-corrected chi connectivity index (χ0v) is 15.0. The van der Waals surface area contributed by atoms with Gasteiger partial charge in [0.1, 0.15) is 5.82 Å². The molecule has 2 rings (SSSR count). The van der Waals surface area contributed by atoms with E-state index >= 15 is 0 Å². The van der Waals surface area contributed by atoms with E-state index in [4.69, 9.17) is 5.73 Å². The van der Waals surface area contributed by atoms with Crippen molar-refractivity contribution in [2.45, 2.75) is 43.6 Å². The Balaban J connectivity index is 1.93. The fraction of sp³-hybridized carbons (Fsp3) is 0.733. The van der Waals surface area contributed by atoms with Gasteiger partial charge in [0.15, 0.2) is 0 Å². The van der Waals surface area contributed by atoms with E-state index in [2.05, 4.69) is 15.0 Å². The smallest absolute Gasteiger partial charge is 0.235 e. The molecule has 0 aromatic carbocycles. The Morgan fingerprint density at radius 3 is 2.48 bits per heavy atom. The van der Waals surface area contributed by atoms with Crippen LogP contribution in [0.4, 0.5) is 11.9 Å². The van der Waals surface area contributed by atoms with Crippen molar-refractivity contribution in [1.29, 1.82) is 0 Å². The Labute approximate surface area is 142 Å². The Hall–Kier alpha value is -1.57. The number of aromatic nitrogens is 3. The van der Waals surface area contributed by atoms with Crippen molar-refractivity contribution in [1.82, 2.24) is 19.9 Å². The highest BCUT2D eigenvalue weighted by Crippen LogP contribution is 2.20. The molecule has 0 spiro atoms. The zero-order valence-electron chi connectivity index (χ0n) is 14.2. The third kappa shape index (κ3) is 5.23.